The maximum Gasteiger partial charge on any atom is 0.208 e. The molecule has 0 saturated carbocycles. The second-order valence-electron chi connectivity index (χ2n) is 5.88. The highest BCUT2D eigenvalue weighted by molar-refractivity contribution is 7.88. The molecule has 1 heterocycles. The van der Waals surface area contributed by atoms with Crippen LogP contribution in [-0.4, -0.2) is 26.2 Å². The molecule has 0 radical (unpaired) electrons. The van der Waals surface area contributed by atoms with Crippen molar-refractivity contribution in [3.8, 4) is 0 Å². The van der Waals surface area contributed by atoms with Crippen LogP contribution < -0.4 is 4.72 Å². The molecule has 2 aromatic carbocycles. The lowest BCUT2D eigenvalue weighted by Gasteiger charge is -2.18. The van der Waals surface area contributed by atoms with E-state index in [1.54, 1.807) is 0 Å². The van der Waals surface area contributed by atoms with Crippen LogP contribution >= 0.6 is 0 Å². The summed E-state index contributed by atoms with van der Waals surface area (Å²) < 4.78 is 25.7. The van der Waals surface area contributed by atoms with E-state index in [1.165, 1.54) is 6.26 Å². The molecule has 0 saturated heterocycles. The molecule has 0 bridgehead atoms. The van der Waals surface area contributed by atoms with E-state index in [2.05, 4.69) is 21.8 Å². The van der Waals surface area contributed by atoms with E-state index in [9.17, 15) is 8.42 Å². The molecular formula is C18H20N2O2S. The number of hydrogen-bond donors (Lipinski definition) is 2. The molecule has 120 valence electrons. The van der Waals surface area contributed by atoms with Crippen molar-refractivity contribution in [2.45, 2.75) is 12.8 Å². The van der Waals surface area contributed by atoms with Crippen LogP contribution in [0.3, 0.4) is 0 Å². The second kappa shape index (κ2) is 6.18. The van der Waals surface area contributed by atoms with Gasteiger partial charge in [0, 0.05) is 29.6 Å². The quantitative estimate of drug-likeness (QED) is 0.756. The maximum atomic E-state index is 11.5. The van der Waals surface area contributed by atoms with Gasteiger partial charge in [-0.3, -0.25) is 0 Å². The van der Waals surface area contributed by atoms with E-state index in [-0.39, 0.29) is 5.92 Å². The number of para-hydroxylation sites is 1. The molecule has 5 heteroatoms. The van der Waals surface area contributed by atoms with E-state index in [4.69, 9.17) is 0 Å². The third-order valence-electron chi connectivity index (χ3n) is 3.99. The van der Waals surface area contributed by atoms with Gasteiger partial charge in [-0.25, -0.2) is 13.1 Å². The number of rotatable bonds is 5. The van der Waals surface area contributed by atoms with Gasteiger partial charge >= 0.3 is 0 Å². The SMILES string of the molecule is Cc1cccc(C(CNS(C)(=O)=O)c2c[nH]c3ccccc23)c1. The summed E-state index contributed by atoms with van der Waals surface area (Å²) >= 11 is 0. The van der Waals surface area contributed by atoms with E-state index in [1.807, 2.05) is 49.5 Å². The van der Waals surface area contributed by atoms with Gasteiger partial charge in [-0.15, -0.1) is 0 Å². The summed E-state index contributed by atoms with van der Waals surface area (Å²) in [5.41, 5.74) is 4.42. The summed E-state index contributed by atoms with van der Waals surface area (Å²) in [5, 5.41) is 1.12. The highest BCUT2D eigenvalue weighted by Gasteiger charge is 2.19. The first-order valence-electron chi connectivity index (χ1n) is 7.51. The monoisotopic (exact) mass is 328 g/mol. The van der Waals surface area contributed by atoms with Crippen molar-refractivity contribution in [1.82, 2.24) is 9.71 Å². The molecule has 1 atom stereocenters. The lowest BCUT2D eigenvalue weighted by Crippen LogP contribution is -2.27. The van der Waals surface area contributed by atoms with Crippen LogP contribution in [0.1, 0.15) is 22.6 Å². The fourth-order valence-electron chi connectivity index (χ4n) is 2.91. The zero-order valence-corrected chi connectivity index (χ0v) is 14.0. The van der Waals surface area contributed by atoms with E-state index in [0.29, 0.717) is 6.54 Å². The van der Waals surface area contributed by atoms with Gasteiger partial charge in [0.1, 0.15) is 0 Å². The Kier molecular flexibility index (Phi) is 4.24. The molecule has 0 aliphatic carbocycles. The van der Waals surface area contributed by atoms with Gasteiger partial charge in [-0.2, -0.15) is 0 Å². The molecular weight excluding hydrogens is 308 g/mol. The molecule has 2 N–H and O–H groups in total. The van der Waals surface area contributed by atoms with Crippen molar-refractivity contribution in [2.75, 3.05) is 12.8 Å². The molecule has 0 fully saturated rings. The van der Waals surface area contributed by atoms with E-state index in [0.717, 1.165) is 27.6 Å². The van der Waals surface area contributed by atoms with Crippen molar-refractivity contribution in [2.24, 2.45) is 0 Å². The average molecular weight is 328 g/mol. The Morgan fingerprint density at radius 3 is 2.65 bits per heavy atom. The van der Waals surface area contributed by atoms with Crippen molar-refractivity contribution in [1.29, 1.82) is 0 Å². The summed E-state index contributed by atoms with van der Waals surface area (Å²) in [6.45, 7) is 2.38. The van der Waals surface area contributed by atoms with Gasteiger partial charge in [0.25, 0.3) is 0 Å². The smallest absolute Gasteiger partial charge is 0.208 e. The summed E-state index contributed by atoms with van der Waals surface area (Å²) in [6.07, 6.45) is 3.16. The second-order valence-corrected chi connectivity index (χ2v) is 7.71. The fraction of sp³-hybridized carbons (Fsp3) is 0.222. The molecule has 1 aromatic heterocycles. The van der Waals surface area contributed by atoms with Gasteiger partial charge in [-0.1, -0.05) is 48.0 Å². The molecule has 0 spiro atoms. The number of H-pyrrole nitrogens is 1. The highest BCUT2D eigenvalue weighted by Crippen LogP contribution is 2.31. The predicted octanol–water partition coefficient (Wildman–Crippen LogP) is 3.16. The lowest BCUT2D eigenvalue weighted by molar-refractivity contribution is 0.584. The first kappa shape index (κ1) is 15.8. The summed E-state index contributed by atoms with van der Waals surface area (Å²) in [6, 6.07) is 16.3. The minimum absolute atomic E-state index is 0.0409. The Morgan fingerprint density at radius 2 is 1.91 bits per heavy atom. The lowest BCUT2D eigenvalue weighted by atomic mass is 9.90. The molecule has 1 unspecified atom stereocenters. The third-order valence-corrected chi connectivity index (χ3v) is 4.68. The van der Waals surface area contributed by atoms with Gasteiger partial charge in [0.05, 0.1) is 6.26 Å². The Bertz CT molecular complexity index is 929. The summed E-state index contributed by atoms with van der Waals surface area (Å²) in [7, 11) is -3.24. The van der Waals surface area contributed by atoms with Crippen LogP contribution in [0.15, 0.2) is 54.7 Å². The summed E-state index contributed by atoms with van der Waals surface area (Å²) in [5.74, 6) is -0.0409. The molecule has 4 nitrogen and oxygen atoms in total. The molecule has 3 rings (SSSR count). The van der Waals surface area contributed by atoms with E-state index < -0.39 is 10.0 Å². The summed E-state index contributed by atoms with van der Waals surface area (Å²) in [4.78, 5) is 3.27. The minimum Gasteiger partial charge on any atom is -0.361 e. The molecule has 0 aliphatic heterocycles. The average Bonchev–Trinajstić information content (AvgIpc) is 2.91. The number of sulfonamides is 1. The standard InChI is InChI=1S/C18H20N2O2S/c1-13-6-5-7-14(10-13)16(12-20-23(2,21)22)17-11-19-18-9-4-3-8-15(17)18/h3-11,16,19-20H,12H2,1-2H3. The number of aryl methyl sites for hydroxylation is 1. The Labute approximate surface area is 136 Å². The van der Waals surface area contributed by atoms with Crippen molar-refractivity contribution in [3.63, 3.8) is 0 Å². The molecule has 0 amide bonds. The van der Waals surface area contributed by atoms with Crippen LogP contribution in [0.4, 0.5) is 0 Å². The van der Waals surface area contributed by atoms with Crippen LogP contribution in [0, 0.1) is 6.92 Å². The molecule has 23 heavy (non-hydrogen) atoms. The van der Waals surface area contributed by atoms with Crippen molar-refractivity contribution in [3.05, 3.63) is 71.4 Å². The number of benzene rings is 2. The minimum atomic E-state index is -3.24. The van der Waals surface area contributed by atoms with Crippen LogP contribution in [0.2, 0.25) is 0 Å². The molecule has 0 aliphatic rings. The Balaban J connectivity index is 2.07. The normalized spacial score (nSPS) is 13.3. The maximum absolute atomic E-state index is 11.5. The number of fused-ring (bicyclic) bond motifs is 1. The Hall–Kier alpha value is -2.11. The number of hydrogen-bond acceptors (Lipinski definition) is 2. The van der Waals surface area contributed by atoms with Gasteiger partial charge in [0.15, 0.2) is 0 Å². The van der Waals surface area contributed by atoms with Crippen molar-refractivity contribution >= 4 is 20.9 Å². The van der Waals surface area contributed by atoms with Crippen LogP contribution in [0.5, 0.6) is 0 Å². The first-order chi connectivity index (χ1) is 10.9. The first-order valence-corrected chi connectivity index (χ1v) is 9.40. The number of aromatic amines is 1. The zero-order valence-electron chi connectivity index (χ0n) is 13.2. The number of aromatic nitrogens is 1. The zero-order chi connectivity index (χ0) is 16.4. The highest BCUT2D eigenvalue weighted by atomic mass is 32.2. The number of nitrogens with one attached hydrogen (secondary N) is 2. The van der Waals surface area contributed by atoms with E-state index >= 15 is 0 Å². The van der Waals surface area contributed by atoms with Crippen molar-refractivity contribution < 1.29 is 8.42 Å². The molecule has 3 aromatic rings. The van der Waals surface area contributed by atoms with Gasteiger partial charge in [-0.05, 0) is 24.1 Å². The Morgan fingerprint density at radius 1 is 1.13 bits per heavy atom. The van der Waals surface area contributed by atoms with Crippen LogP contribution in [0.25, 0.3) is 10.9 Å². The van der Waals surface area contributed by atoms with Gasteiger partial charge in [0.2, 0.25) is 10.0 Å². The van der Waals surface area contributed by atoms with Gasteiger partial charge < -0.3 is 4.98 Å². The fourth-order valence-corrected chi connectivity index (χ4v) is 3.38. The third kappa shape index (κ3) is 3.63. The largest absolute Gasteiger partial charge is 0.361 e. The van der Waals surface area contributed by atoms with Crippen LogP contribution in [-0.2, 0) is 10.0 Å². The predicted molar refractivity (Wildman–Crippen MR) is 94.2 cm³/mol. The topological polar surface area (TPSA) is 62.0 Å².